The SMILES string of the molecule is CSc1ncnn2c(C3OC(COCc4ccccc4)[C@@H](OCc4ccccc4)[C@H]3OCc3ccccc3)ccc12. The molecule has 5 aromatic rings. The molecule has 1 aliphatic heterocycles. The molecule has 1 saturated heterocycles. The molecular weight excluding hydrogens is 534 g/mol. The third-order valence-electron chi connectivity index (χ3n) is 7.21. The van der Waals surface area contributed by atoms with Crippen LogP contribution < -0.4 is 0 Å². The molecule has 0 N–H and O–H groups in total. The highest BCUT2D eigenvalue weighted by Gasteiger charge is 2.48. The van der Waals surface area contributed by atoms with Gasteiger partial charge in [0.05, 0.1) is 37.6 Å². The fraction of sp³-hybridized carbons (Fsp3) is 0.273. The van der Waals surface area contributed by atoms with Gasteiger partial charge in [-0.15, -0.1) is 11.8 Å². The Morgan fingerprint density at radius 1 is 0.732 bits per heavy atom. The first-order chi connectivity index (χ1) is 20.3. The Morgan fingerprint density at radius 3 is 1.93 bits per heavy atom. The van der Waals surface area contributed by atoms with E-state index in [1.165, 1.54) is 0 Å². The fourth-order valence-corrected chi connectivity index (χ4v) is 5.70. The summed E-state index contributed by atoms with van der Waals surface area (Å²) in [5, 5.41) is 5.49. The van der Waals surface area contributed by atoms with Gasteiger partial charge in [0.2, 0.25) is 0 Å². The molecular formula is C33H33N3O4S. The average Bonchev–Trinajstić information content (AvgIpc) is 3.61. The number of hydrogen-bond acceptors (Lipinski definition) is 7. The minimum atomic E-state index is -0.420. The van der Waals surface area contributed by atoms with E-state index in [-0.39, 0.29) is 12.2 Å². The number of aromatic nitrogens is 3. The number of ether oxygens (including phenoxy) is 4. The number of thioether (sulfide) groups is 1. The first-order valence-corrected chi connectivity index (χ1v) is 15.0. The van der Waals surface area contributed by atoms with Crippen molar-refractivity contribution in [2.24, 2.45) is 0 Å². The van der Waals surface area contributed by atoms with Gasteiger partial charge < -0.3 is 18.9 Å². The Labute approximate surface area is 244 Å². The van der Waals surface area contributed by atoms with Gasteiger partial charge in [0.15, 0.2) is 0 Å². The van der Waals surface area contributed by atoms with Gasteiger partial charge in [-0.25, -0.2) is 9.50 Å². The maximum Gasteiger partial charge on any atom is 0.137 e. The molecule has 1 aliphatic rings. The highest BCUT2D eigenvalue weighted by molar-refractivity contribution is 7.98. The summed E-state index contributed by atoms with van der Waals surface area (Å²) in [6.45, 7) is 1.73. The third-order valence-corrected chi connectivity index (χ3v) is 7.91. The summed E-state index contributed by atoms with van der Waals surface area (Å²) < 4.78 is 28.1. The highest BCUT2D eigenvalue weighted by atomic mass is 32.2. The molecule has 0 amide bonds. The molecule has 3 heterocycles. The van der Waals surface area contributed by atoms with Crippen LogP contribution >= 0.6 is 11.8 Å². The van der Waals surface area contributed by atoms with Crippen LogP contribution in [0.25, 0.3) is 5.52 Å². The fourth-order valence-electron chi connectivity index (χ4n) is 5.19. The Morgan fingerprint density at radius 2 is 1.32 bits per heavy atom. The van der Waals surface area contributed by atoms with Crippen molar-refractivity contribution in [2.75, 3.05) is 12.9 Å². The lowest BCUT2D eigenvalue weighted by atomic mass is 10.0. The molecule has 0 saturated carbocycles. The predicted molar refractivity (Wildman–Crippen MR) is 159 cm³/mol. The molecule has 0 radical (unpaired) electrons. The van der Waals surface area contributed by atoms with Crippen molar-refractivity contribution in [3.05, 3.63) is 132 Å². The highest BCUT2D eigenvalue weighted by Crippen LogP contribution is 2.39. The van der Waals surface area contributed by atoms with Gasteiger partial charge in [0, 0.05) is 0 Å². The monoisotopic (exact) mass is 567 g/mol. The molecule has 7 nitrogen and oxygen atoms in total. The van der Waals surface area contributed by atoms with Gasteiger partial charge in [-0.3, -0.25) is 0 Å². The molecule has 1 fully saturated rings. The van der Waals surface area contributed by atoms with Gasteiger partial charge in [-0.2, -0.15) is 5.10 Å². The number of fused-ring (bicyclic) bond motifs is 1. The molecule has 0 bridgehead atoms. The first-order valence-electron chi connectivity index (χ1n) is 13.7. The van der Waals surface area contributed by atoms with Crippen molar-refractivity contribution >= 4 is 17.3 Å². The van der Waals surface area contributed by atoms with Crippen molar-refractivity contribution in [3.8, 4) is 0 Å². The standard InChI is InChI=1S/C33H33N3O4S/c1-41-33-28-18-17-27(36(28)35-23-34-33)30-32(39-21-26-15-9-4-10-16-26)31(38-20-25-13-7-3-8-14-25)29(40-30)22-37-19-24-11-5-2-6-12-24/h2-18,23,29-32H,19-22H2,1H3/t29?,30?,31-,32+/m1/s1. The number of benzene rings is 3. The third kappa shape index (κ3) is 6.53. The summed E-state index contributed by atoms with van der Waals surface area (Å²) in [5.74, 6) is 0. The molecule has 210 valence electrons. The summed E-state index contributed by atoms with van der Waals surface area (Å²) in [6, 6.07) is 34.6. The van der Waals surface area contributed by atoms with Gasteiger partial charge in [0.1, 0.15) is 35.8 Å². The van der Waals surface area contributed by atoms with E-state index in [4.69, 9.17) is 18.9 Å². The van der Waals surface area contributed by atoms with Crippen molar-refractivity contribution in [2.45, 2.75) is 49.3 Å². The second-order valence-corrected chi connectivity index (χ2v) is 10.7. The van der Waals surface area contributed by atoms with Crippen molar-refractivity contribution in [1.29, 1.82) is 0 Å². The van der Waals surface area contributed by atoms with E-state index in [1.807, 2.05) is 71.4 Å². The van der Waals surface area contributed by atoms with E-state index in [9.17, 15) is 0 Å². The molecule has 2 aromatic heterocycles. The van der Waals surface area contributed by atoms with E-state index in [0.717, 1.165) is 32.9 Å². The van der Waals surface area contributed by atoms with Crippen molar-refractivity contribution in [1.82, 2.24) is 14.6 Å². The van der Waals surface area contributed by atoms with Crippen LogP contribution in [0, 0.1) is 0 Å². The summed E-state index contributed by atoms with van der Waals surface area (Å²) >= 11 is 1.59. The topological polar surface area (TPSA) is 67.1 Å². The normalized spacial score (nSPS) is 20.5. The minimum Gasteiger partial charge on any atom is -0.374 e. The van der Waals surface area contributed by atoms with Gasteiger partial charge >= 0.3 is 0 Å². The van der Waals surface area contributed by atoms with Crippen LogP contribution in [0.4, 0.5) is 0 Å². The minimum absolute atomic E-state index is 0.347. The maximum atomic E-state index is 6.76. The zero-order valence-corrected chi connectivity index (χ0v) is 23.7. The molecule has 6 rings (SSSR count). The van der Waals surface area contributed by atoms with E-state index >= 15 is 0 Å². The van der Waals surface area contributed by atoms with E-state index in [2.05, 4.69) is 52.5 Å². The average molecular weight is 568 g/mol. The van der Waals surface area contributed by atoms with Crippen LogP contribution in [-0.4, -0.2) is 45.8 Å². The number of rotatable bonds is 12. The van der Waals surface area contributed by atoms with E-state index in [1.54, 1.807) is 18.1 Å². The number of nitrogens with zero attached hydrogens (tertiary/aromatic N) is 3. The second kappa shape index (κ2) is 13.4. The molecule has 2 unspecified atom stereocenters. The lowest BCUT2D eigenvalue weighted by Gasteiger charge is -2.25. The second-order valence-electron chi connectivity index (χ2n) is 9.94. The zero-order valence-electron chi connectivity index (χ0n) is 22.9. The Hall–Kier alpha value is -3.53. The van der Waals surface area contributed by atoms with E-state index in [0.29, 0.717) is 26.4 Å². The lowest BCUT2D eigenvalue weighted by molar-refractivity contribution is -0.0898. The first kappa shape index (κ1) is 27.6. The van der Waals surface area contributed by atoms with Crippen LogP contribution in [0.5, 0.6) is 0 Å². The maximum absolute atomic E-state index is 6.76. The number of hydrogen-bond donors (Lipinski definition) is 0. The van der Waals surface area contributed by atoms with Crippen LogP contribution in [0.2, 0.25) is 0 Å². The van der Waals surface area contributed by atoms with Gasteiger partial charge in [-0.05, 0) is 35.1 Å². The smallest absolute Gasteiger partial charge is 0.137 e. The molecule has 8 heteroatoms. The van der Waals surface area contributed by atoms with Crippen LogP contribution in [0.3, 0.4) is 0 Å². The molecule has 0 aliphatic carbocycles. The van der Waals surface area contributed by atoms with Crippen molar-refractivity contribution in [3.63, 3.8) is 0 Å². The van der Waals surface area contributed by atoms with Crippen LogP contribution in [0.15, 0.2) is 114 Å². The van der Waals surface area contributed by atoms with Crippen LogP contribution in [0.1, 0.15) is 28.5 Å². The van der Waals surface area contributed by atoms with Gasteiger partial charge in [0.25, 0.3) is 0 Å². The summed E-state index contributed by atoms with van der Waals surface area (Å²) in [4.78, 5) is 4.44. The Balaban J connectivity index is 1.30. The largest absolute Gasteiger partial charge is 0.374 e. The summed E-state index contributed by atoms with van der Waals surface area (Å²) in [5.41, 5.74) is 5.12. The van der Waals surface area contributed by atoms with Crippen molar-refractivity contribution < 1.29 is 18.9 Å². The van der Waals surface area contributed by atoms with Gasteiger partial charge in [-0.1, -0.05) is 91.0 Å². The van der Waals surface area contributed by atoms with E-state index < -0.39 is 12.2 Å². The molecule has 3 aromatic carbocycles. The van der Waals surface area contributed by atoms with Crippen LogP contribution in [-0.2, 0) is 38.8 Å². The molecule has 41 heavy (non-hydrogen) atoms. The summed E-state index contributed by atoms with van der Waals surface area (Å²) in [7, 11) is 0. The quantitative estimate of drug-likeness (QED) is 0.164. The molecule has 0 spiro atoms. The summed E-state index contributed by atoms with van der Waals surface area (Å²) in [6.07, 6.45) is 2.07. The zero-order chi connectivity index (χ0) is 27.9. The predicted octanol–water partition coefficient (Wildman–Crippen LogP) is 6.28. The molecule has 4 atom stereocenters. The Kier molecular flexibility index (Phi) is 9.04. The Bertz CT molecular complexity index is 1520. The lowest BCUT2D eigenvalue weighted by Crippen LogP contribution is -2.38.